The summed E-state index contributed by atoms with van der Waals surface area (Å²) in [5.41, 5.74) is 1.06. The first-order valence-electron chi connectivity index (χ1n) is 4.24. The van der Waals surface area contributed by atoms with E-state index in [-0.39, 0.29) is 5.78 Å². The van der Waals surface area contributed by atoms with Crippen LogP contribution >= 0.6 is 0 Å². The molecule has 0 aromatic carbocycles. The molecule has 0 bridgehead atoms. The summed E-state index contributed by atoms with van der Waals surface area (Å²) in [5.74, 6) is -1.75. The second-order valence-electron chi connectivity index (χ2n) is 3.13. The van der Waals surface area contributed by atoms with Crippen molar-refractivity contribution in [1.82, 2.24) is 0 Å². The summed E-state index contributed by atoms with van der Waals surface area (Å²) < 4.78 is 0. The van der Waals surface area contributed by atoms with Crippen LogP contribution < -0.4 is 0 Å². The number of allylic oxidation sites excluding steroid dienone is 6. The van der Waals surface area contributed by atoms with Gasteiger partial charge in [-0.1, -0.05) is 30.4 Å². The van der Waals surface area contributed by atoms with Crippen molar-refractivity contribution >= 4 is 11.8 Å². The fraction of sp³-hybridized carbons (Fsp3) is 0.0909. The zero-order chi connectivity index (χ0) is 10.1. The summed E-state index contributed by atoms with van der Waals surface area (Å²) >= 11 is 0. The molecule has 0 amide bonds. The molecule has 2 aliphatic rings. The van der Waals surface area contributed by atoms with Crippen molar-refractivity contribution in [2.75, 3.05) is 0 Å². The number of carbonyl (C=O) groups is 2. The zero-order valence-electron chi connectivity index (χ0n) is 7.31. The van der Waals surface area contributed by atoms with E-state index in [1.807, 2.05) is 0 Å². The summed E-state index contributed by atoms with van der Waals surface area (Å²) in [6.07, 6.45) is 9.54. The molecule has 0 aromatic heterocycles. The highest BCUT2D eigenvalue weighted by Crippen LogP contribution is 2.29. The molecule has 0 saturated carbocycles. The third kappa shape index (κ3) is 1.23. The van der Waals surface area contributed by atoms with Gasteiger partial charge in [0.05, 0.1) is 0 Å². The summed E-state index contributed by atoms with van der Waals surface area (Å²) in [6, 6.07) is 0. The van der Waals surface area contributed by atoms with Crippen LogP contribution in [-0.4, -0.2) is 16.9 Å². The van der Waals surface area contributed by atoms with E-state index < -0.39 is 11.9 Å². The number of rotatable bonds is 1. The molecule has 14 heavy (non-hydrogen) atoms. The monoisotopic (exact) mass is 188 g/mol. The lowest BCUT2D eigenvalue weighted by molar-refractivity contribution is -0.138. The molecule has 0 radical (unpaired) electrons. The van der Waals surface area contributed by atoms with Crippen LogP contribution in [0.2, 0.25) is 0 Å². The van der Waals surface area contributed by atoms with Gasteiger partial charge < -0.3 is 5.11 Å². The molecule has 3 nitrogen and oxygen atoms in total. The molecular weight excluding hydrogens is 180 g/mol. The number of hydrogen-bond acceptors (Lipinski definition) is 2. The maximum absolute atomic E-state index is 11.4. The molecule has 0 heterocycles. The molecule has 1 N–H and O–H groups in total. The first-order valence-corrected chi connectivity index (χ1v) is 4.24. The molecule has 0 spiro atoms. The number of fused-ring (bicyclic) bond motifs is 1. The topological polar surface area (TPSA) is 54.4 Å². The lowest BCUT2D eigenvalue weighted by Crippen LogP contribution is -2.21. The van der Waals surface area contributed by atoms with Crippen molar-refractivity contribution in [2.24, 2.45) is 5.92 Å². The highest BCUT2D eigenvalue weighted by Gasteiger charge is 2.27. The maximum Gasteiger partial charge on any atom is 0.314 e. The predicted molar refractivity (Wildman–Crippen MR) is 50.6 cm³/mol. The Balaban J connectivity index is 2.47. The molecule has 3 heteroatoms. The van der Waals surface area contributed by atoms with Crippen molar-refractivity contribution in [3.05, 3.63) is 47.6 Å². The van der Waals surface area contributed by atoms with E-state index in [4.69, 9.17) is 5.11 Å². The summed E-state index contributed by atoms with van der Waals surface area (Å²) in [7, 11) is 0. The van der Waals surface area contributed by atoms with Crippen LogP contribution in [-0.2, 0) is 9.59 Å². The van der Waals surface area contributed by atoms with E-state index in [0.717, 1.165) is 0 Å². The molecule has 0 saturated heterocycles. The van der Waals surface area contributed by atoms with Gasteiger partial charge in [-0.25, -0.2) is 0 Å². The average molecular weight is 188 g/mol. The van der Waals surface area contributed by atoms with Gasteiger partial charge in [0.2, 0.25) is 0 Å². The Morgan fingerprint density at radius 2 is 2.07 bits per heavy atom. The number of carboxylic acids is 1. The van der Waals surface area contributed by atoms with Crippen molar-refractivity contribution in [3.63, 3.8) is 0 Å². The Morgan fingerprint density at radius 3 is 2.79 bits per heavy atom. The average Bonchev–Trinajstić information content (AvgIpc) is 2.17. The second kappa shape index (κ2) is 3.10. The van der Waals surface area contributed by atoms with Crippen LogP contribution in [0.15, 0.2) is 47.6 Å². The lowest BCUT2D eigenvalue weighted by Gasteiger charge is -2.19. The fourth-order valence-electron chi connectivity index (χ4n) is 1.59. The van der Waals surface area contributed by atoms with Crippen molar-refractivity contribution < 1.29 is 14.7 Å². The third-order valence-corrected chi connectivity index (χ3v) is 2.27. The van der Waals surface area contributed by atoms with Crippen LogP contribution in [0.5, 0.6) is 0 Å². The largest absolute Gasteiger partial charge is 0.481 e. The van der Waals surface area contributed by atoms with Gasteiger partial charge in [0.1, 0.15) is 5.92 Å². The molecule has 0 aromatic rings. The van der Waals surface area contributed by atoms with Gasteiger partial charge in [-0.3, -0.25) is 9.59 Å². The van der Waals surface area contributed by atoms with Gasteiger partial charge in [-0.15, -0.1) is 0 Å². The molecule has 0 aliphatic heterocycles. The Kier molecular flexibility index (Phi) is 1.93. The molecule has 1 unspecified atom stereocenters. The van der Waals surface area contributed by atoms with Crippen molar-refractivity contribution in [3.8, 4) is 0 Å². The van der Waals surface area contributed by atoms with Crippen LogP contribution in [0.3, 0.4) is 0 Å². The predicted octanol–water partition coefficient (Wildman–Crippen LogP) is 1.25. The van der Waals surface area contributed by atoms with Gasteiger partial charge >= 0.3 is 5.97 Å². The molecule has 0 fully saturated rings. The van der Waals surface area contributed by atoms with Crippen LogP contribution in [0.4, 0.5) is 0 Å². The summed E-state index contributed by atoms with van der Waals surface area (Å²) in [4.78, 5) is 22.2. The summed E-state index contributed by atoms with van der Waals surface area (Å²) in [5, 5.41) is 8.91. The van der Waals surface area contributed by atoms with Gasteiger partial charge in [-0.2, -0.15) is 0 Å². The number of hydrogen-bond donors (Lipinski definition) is 1. The van der Waals surface area contributed by atoms with Gasteiger partial charge in [0, 0.05) is 5.57 Å². The van der Waals surface area contributed by atoms with E-state index in [9.17, 15) is 9.59 Å². The Labute approximate surface area is 80.7 Å². The standard InChI is InChI=1S/C11H8O3/c12-10-6-2-3-7-8(10)4-1-5-9(7)11(13)14/h1-6,9H,(H,13,14). The Hall–Kier alpha value is -1.90. The maximum atomic E-state index is 11.4. The minimum absolute atomic E-state index is 0.127. The van der Waals surface area contributed by atoms with Crippen LogP contribution in [0.1, 0.15) is 0 Å². The minimum atomic E-state index is -0.929. The van der Waals surface area contributed by atoms with Gasteiger partial charge in [0.15, 0.2) is 5.78 Å². The van der Waals surface area contributed by atoms with E-state index in [1.54, 1.807) is 30.4 Å². The van der Waals surface area contributed by atoms with E-state index in [0.29, 0.717) is 11.1 Å². The molecule has 2 aliphatic carbocycles. The Morgan fingerprint density at radius 1 is 1.29 bits per heavy atom. The van der Waals surface area contributed by atoms with Crippen LogP contribution in [0, 0.1) is 5.92 Å². The van der Waals surface area contributed by atoms with Gasteiger partial charge in [0.25, 0.3) is 0 Å². The lowest BCUT2D eigenvalue weighted by atomic mass is 9.83. The smallest absolute Gasteiger partial charge is 0.314 e. The highest BCUT2D eigenvalue weighted by molar-refractivity contribution is 6.10. The number of carboxylic acid groups (broad SMARTS) is 1. The highest BCUT2D eigenvalue weighted by atomic mass is 16.4. The van der Waals surface area contributed by atoms with Crippen molar-refractivity contribution in [2.45, 2.75) is 0 Å². The molecule has 1 atom stereocenters. The number of carbonyl (C=O) groups excluding carboxylic acids is 1. The van der Waals surface area contributed by atoms with Gasteiger partial charge in [-0.05, 0) is 11.6 Å². The van der Waals surface area contributed by atoms with Crippen LogP contribution in [0.25, 0.3) is 0 Å². The molecule has 2 rings (SSSR count). The molecule has 70 valence electrons. The Bertz CT molecular complexity index is 422. The summed E-state index contributed by atoms with van der Waals surface area (Å²) in [6.45, 7) is 0. The third-order valence-electron chi connectivity index (χ3n) is 2.27. The number of aliphatic carboxylic acids is 1. The van der Waals surface area contributed by atoms with E-state index in [2.05, 4.69) is 0 Å². The SMILES string of the molecule is O=C1C=CC=C2C1=CC=CC2C(=O)O. The first-order chi connectivity index (χ1) is 6.70. The van der Waals surface area contributed by atoms with Crippen molar-refractivity contribution in [1.29, 1.82) is 0 Å². The first kappa shape index (κ1) is 8.69. The minimum Gasteiger partial charge on any atom is -0.481 e. The zero-order valence-corrected chi connectivity index (χ0v) is 7.31. The molecular formula is C11H8O3. The fourth-order valence-corrected chi connectivity index (χ4v) is 1.59. The quantitative estimate of drug-likeness (QED) is 0.673. The number of ketones is 1. The normalized spacial score (nSPS) is 24.0. The van der Waals surface area contributed by atoms with E-state index in [1.165, 1.54) is 6.08 Å². The van der Waals surface area contributed by atoms with E-state index >= 15 is 0 Å². The second-order valence-corrected chi connectivity index (χ2v) is 3.13.